The number of amidine groups is 1. The molecular weight excluding hydrogens is 583 g/mol. The summed E-state index contributed by atoms with van der Waals surface area (Å²) in [6.07, 6.45) is 1.49. The first-order valence-electron chi connectivity index (χ1n) is 16.2. The molecule has 1 atom stereocenters. The molecule has 0 heterocycles. The molecule has 0 aliphatic carbocycles. The van der Waals surface area contributed by atoms with E-state index in [0.29, 0.717) is 5.84 Å². The Morgan fingerprint density at radius 3 is 1.83 bits per heavy atom. The van der Waals surface area contributed by atoms with Gasteiger partial charge < -0.3 is 5.32 Å². The second kappa shape index (κ2) is 12.8. The Morgan fingerprint density at radius 1 is 0.521 bits per heavy atom. The number of hydrogen-bond acceptors (Lipinski definition) is 2. The third-order valence-corrected chi connectivity index (χ3v) is 9.02. The molecule has 228 valence electrons. The van der Waals surface area contributed by atoms with E-state index in [2.05, 4.69) is 139 Å². The van der Waals surface area contributed by atoms with Crippen LogP contribution in [-0.2, 0) is 0 Å². The van der Waals surface area contributed by atoms with Crippen LogP contribution >= 0.6 is 0 Å². The number of nitrogens with zero attached hydrogens (tertiary/aromatic N) is 1. The standard InChI is InChI=1S/C45H33N3/c46-44(34-19-8-3-9-20-34)48-45(37-26-27-39(31-14-4-1-5-15-31)41(29-37)32-16-6-2-7-17-32)47-30-42-38-22-12-11-21-35(38)28-36-25-24-33-18-10-13-23-40(33)43(36)42/h1-30,45H,(H2,46,48)/b47-30+. The number of aliphatic imine (C=N–C) groups is 1. The van der Waals surface area contributed by atoms with Gasteiger partial charge in [-0.2, -0.15) is 0 Å². The van der Waals surface area contributed by atoms with E-state index in [1.807, 2.05) is 48.7 Å². The van der Waals surface area contributed by atoms with Gasteiger partial charge in [-0.1, -0.05) is 164 Å². The van der Waals surface area contributed by atoms with Crippen molar-refractivity contribution >= 4 is 44.4 Å². The van der Waals surface area contributed by atoms with Crippen molar-refractivity contribution in [2.24, 2.45) is 4.99 Å². The predicted molar refractivity (Wildman–Crippen MR) is 203 cm³/mol. The van der Waals surface area contributed by atoms with Crippen LogP contribution in [0.15, 0.2) is 181 Å². The van der Waals surface area contributed by atoms with Gasteiger partial charge in [0.05, 0.1) is 0 Å². The minimum atomic E-state index is -0.519. The molecule has 48 heavy (non-hydrogen) atoms. The molecule has 0 aliphatic rings. The van der Waals surface area contributed by atoms with Gasteiger partial charge in [0.15, 0.2) is 0 Å². The minimum Gasteiger partial charge on any atom is -0.345 e. The van der Waals surface area contributed by atoms with Gasteiger partial charge in [0.1, 0.15) is 12.0 Å². The lowest BCUT2D eigenvalue weighted by Crippen LogP contribution is -2.27. The summed E-state index contributed by atoms with van der Waals surface area (Å²) in [5, 5.41) is 19.6. The maximum absolute atomic E-state index is 9.07. The van der Waals surface area contributed by atoms with Crippen LogP contribution in [0.4, 0.5) is 0 Å². The molecule has 3 nitrogen and oxygen atoms in total. The predicted octanol–water partition coefficient (Wildman–Crippen LogP) is 11.2. The smallest absolute Gasteiger partial charge is 0.145 e. The van der Waals surface area contributed by atoms with Gasteiger partial charge >= 0.3 is 0 Å². The molecule has 0 aromatic heterocycles. The lowest BCUT2D eigenvalue weighted by molar-refractivity contribution is 0.686. The molecule has 8 aromatic carbocycles. The quantitative estimate of drug-likeness (QED) is 0.0797. The molecule has 0 spiro atoms. The second-order valence-corrected chi connectivity index (χ2v) is 12.0. The average Bonchev–Trinajstić information content (AvgIpc) is 3.16. The first-order valence-corrected chi connectivity index (χ1v) is 16.2. The highest BCUT2D eigenvalue weighted by Crippen LogP contribution is 2.36. The Labute approximate surface area is 280 Å². The average molecular weight is 616 g/mol. The molecular formula is C45H33N3. The Morgan fingerprint density at radius 2 is 1.10 bits per heavy atom. The van der Waals surface area contributed by atoms with E-state index in [1.54, 1.807) is 0 Å². The summed E-state index contributed by atoms with van der Waals surface area (Å²) in [6, 6.07) is 61.0. The largest absolute Gasteiger partial charge is 0.345 e. The van der Waals surface area contributed by atoms with Crippen molar-refractivity contribution in [1.29, 1.82) is 5.41 Å². The highest BCUT2D eigenvalue weighted by Gasteiger charge is 2.17. The van der Waals surface area contributed by atoms with Crippen molar-refractivity contribution in [2.75, 3.05) is 0 Å². The SMILES string of the molecule is N=C(NC(/N=C/c1c2ccccc2cc2ccc3ccccc3c12)c1ccc(-c2ccccc2)c(-c2ccccc2)c1)c1ccccc1. The molecule has 8 rings (SSSR count). The fourth-order valence-electron chi connectivity index (χ4n) is 6.65. The van der Waals surface area contributed by atoms with Crippen LogP contribution in [0, 0.1) is 5.41 Å². The van der Waals surface area contributed by atoms with Gasteiger partial charge in [0.2, 0.25) is 0 Å². The van der Waals surface area contributed by atoms with Crippen molar-refractivity contribution in [3.05, 3.63) is 193 Å². The van der Waals surface area contributed by atoms with Gasteiger partial charge in [-0.25, -0.2) is 0 Å². The molecule has 0 amide bonds. The molecule has 2 N–H and O–H groups in total. The second-order valence-electron chi connectivity index (χ2n) is 12.0. The highest BCUT2D eigenvalue weighted by atomic mass is 15.1. The van der Waals surface area contributed by atoms with E-state index in [0.717, 1.165) is 44.3 Å². The van der Waals surface area contributed by atoms with Crippen molar-refractivity contribution in [3.63, 3.8) is 0 Å². The van der Waals surface area contributed by atoms with Crippen LogP contribution in [-0.4, -0.2) is 12.1 Å². The topological polar surface area (TPSA) is 48.2 Å². The lowest BCUT2D eigenvalue weighted by Gasteiger charge is -2.20. The Bertz CT molecular complexity index is 2430. The normalized spacial score (nSPS) is 12.1. The maximum atomic E-state index is 9.07. The number of nitrogens with one attached hydrogen (secondary N) is 2. The first-order chi connectivity index (χ1) is 23.7. The van der Waals surface area contributed by atoms with E-state index in [9.17, 15) is 0 Å². The molecule has 1 unspecified atom stereocenters. The van der Waals surface area contributed by atoms with Gasteiger partial charge in [-0.05, 0) is 72.3 Å². The van der Waals surface area contributed by atoms with Gasteiger partial charge in [0.25, 0.3) is 0 Å². The lowest BCUT2D eigenvalue weighted by atomic mass is 9.92. The fourth-order valence-corrected chi connectivity index (χ4v) is 6.65. The Balaban J connectivity index is 1.32. The molecule has 3 heteroatoms. The van der Waals surface area contributed by atoms with Crippen LogP contribution in [0.2, 0.25) is 0 Å². The van der Waals surface area contributed by atoms with Crippen LogP contribution < -0.4 is 5.32 Å². The summed E-state index contributed by atoms with van der Waals surface area (Å²) < 4.78 is 0. The molecule has 0 saturated heterocycles. The van der Waals surface area contributed by atoms with Crippen molar-refractivity contribution in [3.8, 4) is 22.3 Å². The molecule has 0 aliphatic heterocycles. The van der Waals surface area contributed by atoms with Gasteiger partial charge in [-0.3, -0.25) is 10.4 Å². The number of rotatable bonds is 7. The zero-order valence-corrected chi connectivity index (χ0v) is 26.3. The van der Waals surface area contributed by atoms with Crippen molar-refractivity contribution in [1.82, 2.24) is 5.32 Å². The highest BCUT2D eigenvalue weighted by molar-refractivity contribution is 6.21. The summed E-state index contributed by atoms with van der Waals surface area (Å²) in [4.78, 5) is 5.30. The van der Waals surface area contributed by atoms with Crippen LogP contribution in [0.5, 0.6) is 0 Å². The van der Waals surface area contributed by atoms with Crippen LogP contribution in [0.1, 0.15) is 22.9 Å². The third kappa shape index (κ3) is 5.63. The summed E-state index contributed by atoms with van der Waals surface area (Å²) in [5.74, 6) is 0.319. The Hall–Kier alpha value is -6.32. The number of hydrogen-bond donors (Lipinski definition) is 2. The Kier molecular flexibility index (Phi) is 7.77. The first kappa shape index (κ1) is 29.1. The number of fused-ring (bicyclic) bond motifs is 4. The van der Waals surface area contributed by atoms with Crippen LogP contribution in [0.3, 0.4) is 0 Å². The van der Waals surface area contributed by atoms with Gasteiger partial charge in [-0.15, -0.1) is 0 Å². The molecule has 0 bridgehead atoms. The monoisotopic (exact) mass is 615 g/mol. The zero-order valence-electron chi connectivity index (χ0n) is 26.3. The minimum absolute atomic E-state index is 0.319. The molecule has 0 fully saturated rings. The van der Waals surface area contributed by atoms with E-state index in [-0.39, 0.29) is 0 Å². The summed E-state index contributed by atoms with van der Waals surface area (Å²) in [5.41, 5.74) is 7.41. The molecule has 8 aromatic rings. The summed E-state index contributed by atoms with van der Waals surface area (Å²) in [7, 11) is 0. The summed E-state index contributed by atoms with van der Waals surface area (Å²) in [6.45, 7) is 0. The molecule has 0 radical (unpaired) electrons. The van der Waals surface area contributed by atoms with Crippen molar-refractivity contribution in [2.45, 2.75) is 6.17 Å². The van der Waals surface area contributed by atoms with E-state index < -0.39 is 6.17 Å². The van der Waals surface area contributed by atoms with E-state index in [1.165, 1.54) is 26.9 Å². The zero-order chi connectivity index (χ0) is 32.3. The van der Waals surface area contributed by atoms with E-state index in [4.69, 9.17) is 10.4 Å². The summed E-state index contributed by atoms with van der Waals surface area (Å²) >= 11 is 0. The maximum Gasteiger partial charge on any atom is 0.145 e. The third-order valence-electron chi connectivity index (χ3n) is 9.02. The number of benzene rings is 8. The van der Waals surface area contributed by atoms with Gasteiger partial charge in [0, 0.05) is 17.3 Å². The molecule has 0 saturated carbocycles. The van der Waals surface area contributed by atoms with E-state index >= 15 is 0 Å². The fraction of sp³-hybridized carbons (Fsp3) is 0.0222. The van der Waals surface area contributed by atoms with Crippen LogP contribution in [0.25, 0.3) is 54.6 Å². The van der Waals surface area contributed by atoms with Crippen molar-refractivity contribution < 1.29 is 0 Å².